The molecule has 0 aliphatic rings. The molecule has 3 heterocycles. The lowest BCUT2D eigenvalue weighted by Gasteiger charge is -2.08. The van der Waals surface area contributed by atoms with E-state index in [1.807, 2.05) is 60.8 Å². The standard InChI is InChI=1S/C25H18N4O2/c30-22(18-9-3-1-4-10-18)17-29-23(31)15-14-20(26-29)24-21-13-7-8-16-28(21)27-25(24)19-11-5-2-6-12-19/h1-16H,17H2. The van der Waals surface area contributed by atoms with Crippen LogP contribution in [-0.2, 0) is 6.54 Å². The summed E-state index contributed by atoms with van der Waals surface area (Å²) in [4.78, 5) is 25.1. The average Bonchev–Trinajstić information content (AvgIpc) is 3.21. The van der Waals surface area contributed by atoms with Gasteiger partial charge in [-0.3, -0.25) is 9.59 Å². The van der Waals surface area contributed by atoms with Gasteiger partial charge in [-0.25, -0.2) is 9.20 Å². The normalized spacial score (nSPS) is 11.0. The molecular formula is C25H18N4O2. The quantitative estimate of drug-likeness (QED) is 0.412. The highest BCUT2D eigenvalue weighted by atomic mass is 16.1. The van der Waals surface area contributed by atoms with Crippen LogP contribution in [0, 0.1) is 0 Å². The van der Waals surface area contributed by atoms with Gasteiger partial charge in [0.15, 0.2) is 5.78 Å². The van der Waals surface area contributed by atoms with E-state index in [2.05, 4.69) is 5.10 Å². The molecule has 3 aromatic heterocycles. The van der Waals surface area contributed by atoms with Crippen LogP contribution in [0.25, 0.3) is 28.0 Å². The molecule has 0 atom stereocenters. The van der Waals surface area contributed by atoms with Gasteiger partial charge in [-0.1, -0.05) is 66.7 Å². The molecule has 0 bridgehead atoms. The zero-order chi connectivity index (χ0) is 21.2. The zero-order valence-electron chi connectivity index (χ0n) is 16.6. The van der Waals surface area contributed by atoms with Crippen molar-refractivity contribution in [3.05, 3.63) is 113 Å². The van der Waals surface area contributed by atoms with Crippen LogP contribution in [-0.4, -0.2) is 25.2 Å². The minimum absolute atomic E-state index is 0.128. The first kappa shape index (κ1) is 18.7. The predicted molar refractivity (Wildman–Crippen MR) is 119 cm³/mol. The van der Waals surface area contributed by atoms with Crippen LogP contribution in [0.5, 0.6) is 0 Å². The Kier molecular flexibility index (Phi) is 4.72. The van der Waals surface area contributed by atoms with Gasteiger partial charge in [0, 0.05) is 23.4 Å². The highest BCUT2D eigenvalue weighted by molar-refractivity contribution is 5.96. The maximum Gasteiger partial charge on any atom is 0.267 e. The van der Waals surface area contributed by atoms with Gasteiger partial charge >= 0.3 is 0 Å². The molecule has 0 saturated carbocycles. The number of hydrogen-bond acceptors (Lipinski definition) is 4. The first-order chi connectivity index (χ1) is 15.2. The summed E-state index contributed by atoms with van der Waals surface area (Å²) in [6, 6.07) is 27.7. The van der Waals surface area contributed by atoms with Crippen molar-refractivity contribution in [1.29, 1.82) is 0 Å². The summed E-state index contributed by atoms with van der Waals surface area (Å²) in [5.74, 6) is -0.171. The van der Waals surface area contributed by atoms with Gasteiger partial charge in [-0.2, -0.15) is 10.2 Å². The van der Waals surface area contributed by atoms with Crippen molar-refractivity contribution in [2.45, 2.75) is 6.54 Å². The number of pyridine rings is 1. The fraction of sp³-hybridized carbons (Fsp3) is 0.0400. The first-order valence-electron chi connectivity index (χ1n) is 9.90. The van der Waals surface area contributed by atoms with E-state index in [9.17, 15) is 9.59 Å². The Balaban J connectivity index is 1.64. The molecule has 6 heteroatoms. The van der Waals surface area contributed by atoms with E-state index < -0.39 is 0 Å². The Hall–Kier alpha value is -4.32. The van der Waals surface area contributed by atoms with Crippen molar-refractivity contribution in [3.8, 4) is 22.5 Å². The van der Waals surface area contributed by atoms with Crippen molar-refractivity contribution in [2.75, 3.05) is 0 Å². The Morgan fingerprint density at radius 1 is 0.774 bits per heavy atom. The number of hydrogen-bond donors (Lipinski definition) is 0. The number of fused-ring (bicyclic) bond motifs is 1. The van der Waals surface area contributed by atoms with Gasteiger partial charge in [-0.05, 0) is 18.2 Å². The van der Waals surface area contributed by atoms with Crippen LogP contribution in [0.2, 0.25) is 0 Å². The Bertz CT molecular complexity index is 1440. The number of Topliss-reactive ketones (excluding diaryl/α,β-unsaturated/α-hetero) is 1. The smallest absolute Gasteiger partial charge is 0.267 e. The van der Waals surface area contributed by atoms with E-state index in [1.54, 1.807) is 34.8 Å². The largest absolute Gasteiger partial charge is 0.292 e. The number of rotatable bonds is 5. The van der Waals surface area contributed by atoms with Crippen molar-refractivity contribution in [2.24, 2.45) is 0 Å². The van der Waals surface area contributed by atoms with E-state index in [4.69, 9.17) is 5.10 Å². The Labute approximate surface area is 178 Å². The summed E-state index contributed by atoms with van der Waals surface area (Å²) in [7, 11) is 0. The lowest BCUT2D eigenvalue weighted by molar-refractivity contribution is 0.0966. The molecule has 6 nitrogen and oxygen atoms in total. The fourth-order valence-electron chi connectivity index (χ4n) is 3.60. The third-order valence-electron chi connectivity index (χ3n) is 5.10. The second kappa shape index (κ2) is 7.84. The van der Waals surface area contributed by atoms with Crippen LogP contribution in [0.4, 0.5) is 0 Å². The molecule has 2 aromatic carbocycles. The molecule has 0 amide bonds. The fourth-order valence-corrected chi connectivity index (χ4v) is 3.60. The van der Waals surface area contributed by atoms with E-state index in [-0.39, 0.29) is 17.9 Å². The number of benzene rings is 2. The topological polar surface area (TPSA) is 69.3 Å². The highest BCUT2D eigenvalue weighted by Gasteiger charge is 2.18. The maximum atomic E-state index is 12.6. The van der Waals surface area contributed by atoms with Gasteiger partial charge in [0.05, 0.1) is 16.8 Å². The predicted octanol–water partition coefficient (Wildman–Crippen LogP) is 4.11. The molecule has 0 saturated heterocycles. The minimum Gasteiger partial charge on any atom is -0.292 e. The minimum atomic E-state index is -0.328. The molecule has 150 valence electrons. The van der Waals surface area contributed by atoms with Gasteiger partial charge in [0.2, 0.25) is 0 Å². The second-order valence-electron chi connectivity index (χ2n) is 7.12. The van der Waals surface area contributed by atoms with E-state index in [0.29, 0.717) is 11.3 Å². The summed E-state index contributed by atoms with van der Waals surface area (Å²) in [6.45, 7) is -0.128. The van der Waals surface area contributed by atoms with Gasteiger partial charge in [-0.15, -0.1) is 0 Å². The SMILES string of the molecule is O=C(Cn1nc(-c2c(-c3ccccc3)nn3ccccc23)ccc1=O)c1ccccc1. The lowest BCUT2D eigenvalue weighted by Crippen LogP contribution is -2.26. The molecule has 0 radical (unpaired) electrons. The van der Waals surface area contributed by atoms with E-state index in [0.717, 1.165) is 22.3 Å². The van der Waals surface area contributed by atoms with Crippen molar-refractivity contribution >= 4 is 11.3 Å². The van der Waals surface area contributed by atoms with Crippen LogP contribution in [0.15, 0.2) is 102 Å². The number of aromatic nitrogens is 4. The molecule has 0 aliphatic carbocycles. The van der Waals surface area contributed by atoms with Gasteiger partial charge in [0.25, 0.3) is 5.56 Å². The molecule has 0 aliphatic heterocycles. The summed E-state index contributed by atoms with van der Waals surface area (Å²) in [5, 5.41) is 9.29. The maximum absolute atomic E-state index is 12.6. The molecule has 0 unspecified atom stereocenters. The van der Waals surface area contributed by atoms with Gasteiger partial charge < -0.3 is 0 Å². The molecule has 0 N–H and O–H groups in total. The number of ketones is 1. The van der Waals surface area contributed by atoms with Crippen LogP contribution in [0.1, 0.15) is 10.4 Å². The molecule has 5 rings (SSSR count). The van der Waals surface area contributed by atoms with Crippen molar-refractivity contribution in [1.82, 2.24) is 19.4 Å². The summed E-state index contributed by atoms with van der Waals surface area (Å²) in [6.07, 6.45) is 1.88. The van der Waals surface area contributed by atoms with E-state index >= 15 is 0 Å². The van der Waals surface area contributed by atoms with Crippen LogP contribution < -0.4 is 5.56 Å². The first-order valence-corrected chi connectivity index (χ1v) is 9.90. The molecular weight excluding hydrogens is 388 g/mol. The monoisotopic (exact) mass is 406 g/mol. The van der Waals surface area contributed by atoms with Crippen molar-refractivity contribution < 1.29 is 4.79 Å². The lowest BCUT2D eigenvalue weighted by atomic mass is 10.0. The Morgan fingerprint density at radius 2 is 1.48 bits per heavy atom. The number of carbonyl (C=O) groups is 1. The molecule has 5 aromatic rings. The second-order valence-corrected chi connectivity index (χ2v) is 7.12. The molecule has 0 spiro atoms. The Morgan fingerprint density at radius 3 is 2.26 bits per heavy atom. The summed E-state index contributed by atoms with van der Waals surface area (Å²) >= 11 is 0. The molecule has 31 heavy (non-hydrogen) atoms. The van der Waals surface area contributed by atoms with Crippen LogP contribution in [0.3, 0.4) is 0 Å². The number of carbonyl (C=O) groups excluding carboxylic acids is 1. The average molecular weight is 406 g/mol. The third kappa shape index (κ3) is 3.55. The van der Waals surface area contributed by atoms with E-state index in [1.165, 1.54) is 10.7 Å². The van der Waals surface area contributed by atoms with Crippen molar-refractivity contribution in [3.63, 3.8) is 0 Å². The van der Waals surface area contributed by atoms with Crippen LogP contribution >= 0.6 is 0 Å². The highest BCUT2D eigenvalue weighted by Crippen LogP contribution is 2.33. The third-order valence-corrected chi connectivity index (χ3v) is 5.10. The summed E-state index contributed by atoms with van der Waals surface area (Å²) < 4.78 is 3.01. The number of nitrogens with zero attached hydrogens (tertiary/aromatic N) is 4. The zero-order valence-corrected chi connectivity index (χ0v) is 16.6. The van der Waals surface area contributed by atoms with Gasteiger partial charge in [0.1, 0.15) is 12.2 Å². The molecule has 0 fully saturated rings. The summed E-state index contributed by atoms with van der Waals surface area (Å²) in [5.41, 5.74) is 4.19.